The topological polar surface area (TPSA) is 98.3 Å². The zero-order chi connectivity index (χ0) is 15.4. The molecule has 3 N–H and O–H groups in total. The molecule has 0 saturated carbocycles. The first-order chi connectivity index (χ1) is 9.99. The van der Waals surface area contributed by atoms with E-state index in [9.17, 15) is 14.9 Å². The van der Waals surface area contributed by atoms with Crippen molar-refractivity contribution in [3.05, 3.63) is 69.3 Å². The molecule has 1 amide bonds. The second-order valence-electron chi connectivity index (χ2n) is 4.63. The van der Waals surface area contributed by atoms with Crippen LogP contribution in [0.3, 0.4) is 0 Å². The summed E-state index contributed by atoms with van der Waals surface area (Å²) in [6.45, 7) is 2.39. The Kier molecular flexibility index (Phi) is 4.18. The molecule has 0 aliphatic carbocycles. The number of nitro groups is 1. The van der Waals surface area contributed by atoms with Gasteiger partial charge in [-0.2, -0.15) is 0 Å². The highest BCUT2D eigenvalue weighted by Crippen LogP contribution is 2.26. The minimum atomic E-state index is -0.621. The lowest BCUT2D eigenvalue weighted by Gasteiger charge is -2.10. The number of carbonyl (C=O) groups excluding carboxylic acids is 1. The number of hydrogen-bond acceptors (Lipinski definition) is 4. The highest BCUT2D eigenvalue weighted by atomic mass is 16.6. The van der Waals surface area contributed by atoms with Gasteiger partial charge in [-0.3, -0.25) is 14.9 Å². The molecule has 0 aliphatic heterocycles. The first-order valence-corrected chi connectivity index (χ1v) is 6.35. The van der Waals surface area contributed by atoms with Crippen LogP contribution in [0.25, 0.3) is 0 Å². The van der Waals surface area contributed by atoms with Crippen LogP contribution < -0.4 is 11.1 Å². The molecule has 0 atom stereocenters. The van der Waals surface area contributed by atoms with E-state index in [1.54, 1.807) is 0 Å². The summed E-state index contributed by atoms with van der Waals surface area (Å²) in [5.41, 5.74) is 7.73. The Hall–Kier alpha value is -2.89. The number of amides is 1. The van der Waals surface area contributed by atoms with E-state index in [4.69, 9.17) is 5.73 Å². The quantitative estimate of drug-likeness (QED) is 0.651. The van der Waals surface area contributed by atoms with E-state index in [0.29, 0.717) is 6.54 Å². The van der Waals surface area contributed by atoms with E-state index in [1.165, 1.54) is 18.2 Å². The lowest BCUT2D eigenvalue weighted by atomic mass is 10.1. The largest absolute Gasteiger partial charge is 0.375 e. The number of primary amides is 1. The van der Waals surface area contributed by atoms with Gasteiger partial charge in [-0.15, -0.1) is 0 Å². The smallest absolute Gasteiger partial charge is 0.292 e. The normalized spacial score (nSPS) is 10.1. The average molecular weight is 285 g/mol. The van der Waals surface area contributed by atoms with Crippen molar-refractivity contribution in [2.45, 2.75) is 13.5 Å². The zero-order valence-electron chi connectivity index (χ0n) is 11.5. The number of benzene rings is 2. The molecule has 6 nitrogen and oxygen atoms in total. The highest BCUT2D eigenvalue weighted by molar-refractivity contribution is 5.94. The summed E-state index contributed by atoms with van der Waals surface area (Å²) in [6, 6.07) is 11.8. The summed E-state index contributed by atoms with van der Waals surface area (Å²) in [4.78, 5) is 21.7. The number of rotatable bonds is 5. The van der Waals surface area contributed by atoms with Crippen LogP contribution in [-0.4, -0.2) is 10.8 Å². The SMILES string of the molecule is Cc1ccccc1CNc1cc(C(N)=O)ccc1[N+](=O)[O-]. The fraction of sp³-hybridized carbons (Fsp3) is 0.133. The molecule has 108 valence electrons. The van der Waals surface area contributed by atoms with Gasteiger partial charge in [0, 0.05) is 18.2 Å². The summed E-state index contributed by atoms with van der Waals surface area (Å²) in [6.07, 6.45) is 0. The van der Waals surface area contributed by atoms with Crippen LogP contribution in [0.15, 0.2) is 42.5 Å². The molecular weight excluding hydrogens is 270 g/mol. The molecule has 0 bridgehead atoms. The fourth-order valence-corrected chi connectivity index (χ4v) is 1.99. The van der Waals surface area contributed by atoms with Gasteiger partial charge < -0.3 is 11.1 Å². The molecule has 2 aromatic rings. The zero-order valence-corrected chi connectivity index (χ0v) is 11.5. The van der Waals surface area contributed by atoms with E-state index in [-0.39, 0.29) is 16.9 Å². The Labute approximate surface area is 121 Å². The van der Waals surface area contributed by atoms with E-state index >= 15 is 0 Å². The minimum absolute atomic E-state index is 0.0893. The van der Waals surface area contributed by atoms with Gasteiger partial charge in [0.25, 0.3) is 5.69 Å². The lowest BCUT2D eigenvalue weighted by molar-refractivity contribution is -0.384. The van der Waals surface area contributed by atoms with Gasteiger partial charge in [0.15, 0.2) is 0 Å². The molecule has 0 spiro atoms. The van der Waals surface area contributed by atoms with Gasteiger partial charge in [0.05, 0.1) is 4.92 Å². The fourth-order valence-electron chi connectivity index (χ4n) is 1.99. The molecule has 0 saturated heterocycles. The van der Waals surface area contributed by atoms with Gasteiger partial charge >= 0.3 is 0 Å². The predicted molar refractivity (Wildman–Crippen MR) is 80.1 cm³/mol. The molecule has 0 aromatic heterocycles. The Balaban J connectivity index is 2.29. The van der Waals surface area contributed by atoms with Crippen LogP contribution in [0.1, 0.15) is 21.5 Å². The van der Waals surface area contributed by atoms with E-state index in [2.05, 4.69) is 5.32 Å². The molecule has 0 heterocycles. The number of carbonyl (C=O) groups is 1. The maximum absolute atomic E-state index is 11.2. The summed E-state index contributed by atoms with van der Waals surface area (Å²) in [5.74, 6) is -0.621. The molecular formula is C15H15N3O3. The van der Waals surface area contributed by atoms with Crippen molar-refractivity contribution >= 4 is 17.3 Å². The molecule has 0 aliphatic rings. The molecule has 21 heavy (non-hydrogen) atoms. The molecule has 0 radical (unpaired) electrons. The van der Waals surface area contributed by atoms with Gasteiger partial charge in [0.2, 0.25) is 5.91 Å². The number of hydrogen-bond donors (Lipinski definition) is 2. The van der Waals surface area contributed by atoms with E-state index < -0.39 is 10.8 Å². The Morgan fingerprint density at radius 2 is 2.00 bits per heavy atom. The summed E-state index contributed by atoms with van der Waals surface area (Å²) in [7, 11) is 0. The van der Waals surface area contributed by atoms with Crippen LogP contribution in [-0.2, 0) is 6.54 Å². The van der Waals surface area contributed by atoms with Crippen LogP contribution in [0, 0.1) is 17.0 Å². The third kappa shape index (κ3) is 3.36. The maximum atomic E-state index is 11.2. The second kappa shape index (κ2) is 6.04. The van der Waals surface area contributed by atoms with Crippen molar-refractivity contribution in [2.24, 2.45) is 5.73 Å². The molecule has 0 fully saturated rings. The molecule has 2 rings (SSSR count). The van der Waals surface area contributed by atoms with Crippen molar-refractivity contribution in [2.75, 3.05) is 5.32 Å². The standard InChI is InChI=1S/C15H15N3O3/c1-10-4-2-3-5-12(10)9-17-13-8-11(15(16)19)6-7-14(13)18(20)21/h2-8,17H,9H2,1H3,(H2,16,19). The van der Waals surface area contributed by atoms with Gasteiger partial charge in [-0.25, -0.2) is 0 Å². The third-order valence-electron chi connectivity index (χ3n) is 3.21. The van der Waals surface area contributed by atoms with Gasteiger partial charge in [0.1, 0.15) is 5.69 Å². The molecule has 6 heteroatoms. The summed E-state index contributed by atoms with van der Waals surface area (Å²) < 4.78 is 0. The lowest BCUT2D eigenvalue weighted by Crippen LogP contribution is -2.12. The first kappa shape index (κ1) is 14.5. The van der Waals surface area contributed by atoms with Gasteiger partial charge in [-0.05, 0) is 30.2 Å². The van der Waals surface area contributed by atoms with Crippen molar-refractivity contribution in [1.29, 1.82) is 0 Å². The van der Waals surface area contributed by atoms with Crippen LogP contribution in [0.5, 0.6) is 0 Å². The maximum Gasteiger partial charge on any atom is 0.292 e. The third-order valence-corrected chi connectivity index (χ3v) is 3.21. The molecule has 0 unspecified atom stereocenters. The first-order valence-electron chi connectivity index (χ1n) is 6.35. The number of nitrogens with two attached hydrogens (primary N) is 1. The van der Waals surface area contributed by atoms with Crippen molar-refractivity contribution in [1.82, 2.24) is 0 Å². The number of nitrogens with zero attached hydrogens (tertiary/aromatic N) is 1. The van der Waals surface area contributed by atoms with E-state index in [1.807, 2.05) is 31.2 Å². The van der Waals surface area contributed by atoms with Crippen LogP contribution in [0.2, 0.25) is 0 Å². The Morgan fingerprint density at radius 1 is 1.29 bits per heavy atom. The number of aryl methyl sites for hydroxylation is 1. The van der Waals surface area contributed by atoms with Crippen LogP contribution >= 0.6 is 0 Å². The predicted octanol–water partition coefficient (Wildman–Crippen LogP) is 2.61. The second-order valence-corrected chi connectivity index (χ2v) is 4.63. The van der Waals surface area contributed by atoms with Crippen molar-refractivity contribution in [3.8, 4) is 0 Å². The van der Waals surface area contributed by atoms with Crippen LogP contribution in [0.4, 0.5) is 11.4 Å². The summed E-state index contributed by atoms with van der Waals surface area (Å²) in [5, 5.41) is 14.0. The Morgan fingerprint density at radius 3 is 2.62 bits per heavy atom. The highest BCUT2D eigenvalue weighted by Gasteiger charge is 2.15. The molecule has 2 aromatic carbocycles. The van der Waals surface area contributed by atoms with E-state index in [0.717, 1.165) is 11.1 Å². The summed E-state index contributed by atoms with van der Waals surface area (Å²) >= 11 is 0. The minimum Gasteiger partial charge on any atom is -0.375 e. The van der Waals surface area contributed by atoms with Crippen molar-refractivity contribution < 1.29 is 9.72 Å². The van der Waals surface area contributed by atoms with Crippen molar-refractivity contribution in [3.63, 3.8) is 0 Å². The number of anilines is 1. The van der Waals surface area contributed by atoms with Gasteiger partial charge in [-0.1, -0.05) is 24.3 Å². The monoisotopic (exact) mass is 285 g/mol. The number of nitro benzene ring substituents is 1. The Bertz CT molecular complexity index is 698. The average Bonchev–Trinajstić information content (AvgIpc) is 2.46. The number of nitrogens with one attached hydrogen (secondary N) is 1.